The molecule has 0 bridgehead atoms. The van der Waals surface area contributed by atoms with E-state index in [4.69, 9.17) is 8.83 Å². The monoisotopic (exact) mass is 852 g/mol. The molecule has 0 N–H and O–H groups in total. The molecule has 2 aliphatic heterocycles. The van der Waals surface area contributed by atoms with Gasteiger partial charge in [-0.05, 0) is 103 Å². The van der Waals surface area contributed by atoms with Crippen molar-refractivity contribution in [3.05, 3.63) is 174 Å². The summed E-state index contributed by atoms with van der Waals surface area (Å²) < 4.78 is 16.3. The largest absolute Gasteiger partial charge is 0.456 e. The number of anilines is 2. The van der Waals surface area contributed by atoms with Gasteiger partial charge in [-0.2, -0.15) is 0 Å². The molecule has 5 heteroatoms. The van der Waals surface area contributed by atoms with E-state index in [-0.39, 0.29) is 23.1 Å². The average molecular weight is 853 g/mol. The molecule has 0 fully saturated rings. The van der Waals surface area contributed by atoms with Crippen molar-refractivity contribution < 1.29 is 8.83 Å². The summed E-state index contributed by atoms with van der Waals surface area (Å²) in [7, 11) is 0. The molecule has 66 heavy (non-hydrogen) atoms. The highest BCUT2D eigenvalue weighted by atomic mass is 16.3. The first-order chi connectivity index (χ1) is 31.8. The third-order valence-electron chi connectivity index (χ3n) is 15.4. The second-order valence-electron chi connectivity index (χ2n) is 21.7. The minimum atomic E-state index is -0.298. The van der Waals surface area contributed by atoms with Gasteiger partial charge in [0, 0.05) is 72.7 Å². The van der Waals surface area contributed by atoms with Crippen molar-refractivity contribution in [1.82, 2.24) is 4.57 Å². The number of hydrogen-bond acceptors (Lipinski definition) is 3. The number of hydrogen-bond donors (Lipinski definition) is 0. The van der Waals surface area contributed by atoms with Crippen LogP contribution in [0.4, 0.5) is 11.4 Å². The molecule has 1 aliphatic carbocycles. The zero-order valence-electron chi connectivity index (χ0n) is 38.7. The molecular weight excluding hydrogens is 803 g/mol. The van der Waals surface area contributed by atoms with E-state index in [0.717, 1.165) is 61.3 Å². The summed E-state index contributed by atoms with van der Waals surface area (Å²) in [5.41, 5.74) is 22.7. The lowest BCUT2D eigenvalue weighted by Gasteiger charge is -2.43. The predicted octanol–water partition coefficient (Wildman–Crippen LogP) is 15.2. The molecule has 14 rings (SSSR count). The Morgan fingerprint density at radius 2 is 1.26 bits per heavy atom. The summed E-state index contributed by atoms with van der Waals surface area (Å²) in [5.74, 6) is 0.872. The molecular formula is C61H49BN2O2. The first-order valence-electron chi connectivity index (χ1n) is 23.5. The smallest absolute Gasteiger partial charge is 0.333 e. The van der Waals surface area contributed by atoms with E-state index in [2.05, 4.69) is 216 Å². The van der Waals surface area contributed by atoms with E-state index < -0.39 is 0 Å². The van der Waals surface area contributed by atoms with Crippen LogP contribution in [0.3, 0.4) is 0 Å². The van der Waals surface area contributed by atoms with Crippen molar-refractivity contribution in [2.75, 3.05) is 4.81 Å². The van der Waals surface area contributed by atoms with Crippen LogP contribution < -0.4 is 15.7 Å². The quantitative estimate of drug-likeness (QED) is 0.163. The van der Waals surface area contributed by atoms with Gasteiger partial charge in [0.05, 0.1) is 11.0 Å². The van der Waals surface area contributed by atoms with Gasteiger partial charge in [-0.15, -0.1) is 0 Å². The summed E-state index contributed by atoms with van der Waals surface area (Å²) in [6.45, 7) is 18.6. The molecule has 0 unspecified atom stereocenters. The van der Waals surface area contributed by atoms with Crippen LogP contribution in [-0.2, 0) is 16.2 Å². The van der Waals surface area contributed by atoms with Gasteiger partial charge in [0.1, 0.15) is 22.5 Å². The van der Waals surface area contributed by atoms with Gasteiger partial charge in [0.25, 0.3) is 0 Å². The number of benzene rings is 8. The molecule has 0 radical (unpaired) electrons. The van der Waals surface area contributed by atoms with Gasteiger partial charge in [-0.25, -0.2) is 0 Å². The van der Waals surface area contributed by atoms with Crippen molar-refractivity contribution in [3.8, 4) is 39.3 Å². The number of furan rings is 2. The van der Waals surface area contributed by atoms with E-state index in [1.807, 2.05) is 0 Å². The maximum atomic E-state index is 6.86. The van der Waals surface area contributed by atoms with Gasteiger partial charge in [0.15, 0.2) is 0 Å². The highest BCUT2D eigenvalue weighted by molar-refractivity contribution is 6.94. The normalized spacial score (nSPS) is 14.7. The number of aromatic nitrogens is 1. The molecule has 0 amide bonds. The lowest BCUT2D eigenvalue weighted by atomic mass is 9.43. The van der Waals surface area contributed by atoms with Crippen LogP contribution in [0.1, 0.15) is 77.6 Å². The zero-order valence-corrected chi connectivity index (χ0v) is 38.7. The van der Waals surface area contributed by atoms with Gasteiger partial charge in [0.2, 0.25) is 0 Å². The minimum absolute atomic E-state index is 0.00626. The molecule has 3 aliphatic rings. The molecule has 0 spiro atoms. The van der Waals surface area contributed by atoms with Gasteiger partial charge >= 0.3 is 6.85 Å². The molecule has 318 valence electrons. The van der Waals surface area contributed by atoms with Crippen LogP contribution in [0.5, 0.6) is 0 Å². The summed E-state index contributed by atoms with van der Waals surface area (Å²) >= 11 is 0. The number of para-hydroxylation sites is 1. The van der Waals surface area contributed by atoms with Crippen LogP contribution >= 0.6 is 0 Å². The third kappa shape index (κ3) is 4.90. The Balaban J connectivity index is 1.21. The van der Waals surface area contributed by atoms with Crippen LogP contribution in [0.2, 0.25) is 0 Å². The first kappa shape index (κ1) is 38.1. The third-order valence-corrected chi connectivity index (χ3v) is 15.4. The molecule has 5 heterocycles. The van der Waals surface area contributed by atoms with Crippen molar-refractivity contribution >= 4 is 83.9 Å². The van der Waals surface area contributed by atoms with E-state index in [1.165, 1.54) is 77.2 Å². The summed E-state index contributed by atoms with van der Waals surface area (Å²) in [6, 6.07) is 56.7. The van der Waals surface area contributed by atoms with E-state index in [0.29, 0.717) is 0 Å². The number of rotatable bonds is 2. The Kier molecular flexibility index (Phi) is 7.24. The maximum absolute atomic E-state index is 6.86. The Morgan fingerprint density at radius 3 is 2.05 bits per heavy atom. The maximum Gasteiger partial charge on any atom is 0.333 e. The Labute approximate surface area is 385 Å². The van der Waals surface area contributed by atoms with E-state index >= 15 is 0 Å². The van der Waals surface area contributed by atoms with E-state index in [1.54, 1.807) is 0 Å². The highest BCUT2D eigenvalue weighted by Gasteiger charge is 2.50. The molecule has 11 aromatic rings. The fraction of sp³-hybridized carbons (Fsp3) is 0.180. The fourth-order valence-corrected chi connectivity index (χ4v) is 12.2. The SMILES string of the molecule is CC(C)(C)c1ccc(N2B3c4cc5cc(-c6ccccc6)oc5cc4-n4c5ccc(C(C)(C)C)cc5c5c6c(c(c3c54)-c3cc4c(cc32)oc2ccccc24)C(C)(C)c2ccccc2-6)cc1. The van der Waals surface area contributed by atoms with E-state index in [9.17, 15) is 0 Å². The molecule has 4 nitrogen and oxygen atoms in total. The van der Waals surface area contributed by atoms with Crippen molar-refractivity contribution in [2.24, 2.45) is 0 Å². The molecule has 3 aromatic heterocycles. The highest BCUT2D eigenvalue weighted by Crippen LogP contribution is 2.59. The average Bonchev–Trinajstić information content (AvgIpc) is 4.05. The lowest BCUT2D eigenvalue weighted by Crippen LogP contribution is -2.61. The van der Waals surface area contributed by atoms with Crippen LogP contribution in [-0.4, -0.2) is 11.4 Å². The zero-order chi connectivity index (χ0) is 44.8. The second-order valence-corrected chi connectivity index (χ2v) is 21.7. The predicted molar refractivity (Wildman–Crippen MR) is 277 cm³/mol. The summed E-state index contributed by atoms with van der Waals surface area (Å²) in [4.78, 5) is 2.64. The van der Waals surface area contributed by atoms with Crippen molar-refractivity contribution in [2.45, 2.75) is 71.6 Å². The second kappa shape index (κ2) is 12.6. The Morgan fingerprint density at radius 1 is 0.545 bits per heavy atom. The first-order valence-corrected chi connectivity index (χ1v) is 23.5. The van der Waals surface area contributed by atoms with Gasteiger partial charge in [-0.1, -0.05) is 152 Å². The van der Waals surface area contributed by atoms with Crippen molar-refractivity contribution in [1.29, 1.82) is 0 Å². The summed E-state index contributed by atoms with van der Waals surface area (Å²) in [5, 5.41) is 6.00. The standard InChI is InChI=1S/C61H49BN2O2/c1-59(2,3)36-22-25-38(26-23-36)64-47-32-52-41(39-18-13-15-21-49(39)65-52)31-43(47)55-56-53(40-19-12-14-20-44(40)61(56,7)8)54-42-30-37(60(4,5)6)24-27-46(42)63-48-33-51-35(28-45(48)62(64)57(55)58(54)63)29-50(66-51)34-16-10-9-11-17-34/h9-33H,1-8H3. The number of nitrogens with zero attached hydrogens (tertiary/aromatic N) is 2. The van der Waals surface area contributed by atoms with Crippen molar-refractivity contribution in [3.63, 3.8) is 0 Å². The Hall–Kier alpha value is -7.24. The van der Waals surface area contributed by atoms with Gasteiger partial charge in [-0.3, -0.25) is 0 Å². The minimum Gasteiger partial charge on any atom is -0.456 e. The fourth-order valence-electron chi connectivity index (χ4n) is 12.2. The molecule has 0 saturated heterocycles. The molecule has 8 aromatic carbocycles. The summed E-state index contributed by atoms with van der Waals surface area (Å²) in [6.07, 6.45) is 0. The van der Waals surface area contributed by atoms with Gasteiger partial charge < -0.3 is 18.2 Å². The topological polar surface area (TPSA) is 34.5 Å². The molecule has 0 saturated carbocycles. The van der Waals surface area contributed by atoms with Crippen LogP contribution in [0.15, 0.2) is 160 Å². The lowest BCUT2D eigenvalue weighted by molar-refractivity contribution is 0.590. The molecule has 0 atom stereocenters. The van der Waals surface area contributed by atoms with Crippen LogP contribution in [0.25, 0.3) is 94.0 Å². The van der Waals surface area contributed by atoms with Crippen LogP contribution in [0, 0.1) is 0 Å². The Bertz CT molecular complexity index is 3920. The number of fused-ring (bicyclic) bond motifs is 17.